The number of ether oxygens (including phenoxy) is 1. The van der Waals surface area contributed by atoms with E-state index in [1.54, 1.807) is 4.90 Å². The molecule has 1 aromatic heterocycles. The Kier molecular flexibility index (Phi) is 4.58. The number of para-hydroxylation sites is 1. The van der Waals surface area contributed by atoms with Crippen LogP contribution in [0.4, 0.5) is 5.69 Å². The van der Waals surface area contributed by atoms with Crippen LogP contribution in [0.1, 0.15) is 18.9 Å². The summed E-state index contributed by atoms with van der Waals surface area (Å²) in [5.74, 6) is 1.72. The van der Waals surface area contributed by atoms with E-state index < -0.39 is 0 Å². The fraction of sp³-hybridized carbons (Fsp3) is 0.238. The van der Waals surface area contributed by atoms with Gasteiger partial charge in [-0.2, -0.15) is 0 Å². The zero-order valence-electron chi connectivity index (χ0n) is 15.3. The topological polar surface area (TPSA) is 69.4 Å². The first-order valence-electron chi connectivity index (χ1n) is 8.90. The summed E-state index contributed by atoms with van der Waals surface area (Å²) in [5, 5.41) is 19.8. The lowest BCUT2D eigenvalue weighted by molar-refractivity contribution is 0.271. The third kappa shape index (κ3) is 3.40. The molecule has 0 spiro atoms. The van der Waals surface area contributed by atoms with Gasteiger partial charge in [-0.05, 0) is 42.3 Å². The maximum atomic E-state index is 10.5. The number of aliphatic hydroxyl groups excluding tert-OH is 1. The summed E-state index contributed by atoms with van der Waals surface area (Å²) in [6.07, 6.45) is 0. The van der Waals surface area contributed by atoms with Gasteiger partial charge in [0.1, 0.15) is 22.4 Å². The number of fused-ring (bicyclic) bond motifs is 1. The van der Waals surface area contributed by atoms with Crippen LogP contribution >= 0.6 is 11.3 Å². The average Bonchev–Trinajstić information content (AvgIpc) is 3.20. The molecule has 5 nitrogen and oxygen atoms in total. The van der Waals surface area contributed by atoms with Gasteiger partial charge in [0.15, 0.2) is 0 Å². The highest BCUT2D eigenvalue weighted by atomic mass is 32.1. The zero-order valence-corrected chi connectivity index (χ0v) is 16.1. The number of aliphatic hydroxyl groups is 1. The van der Waals surface area contributed by atoms with E-state index in [9.17, 15) is 5.11 Å². The lowest BCUT2D eigenvalue weighted by Crippen LogP contribution is -2.25. The number of benzene rings is 2. The molecule has 27 heavy (non-hydrogen) atoms. The Morgan fingerprint density at radius 1 is 1.19 bits per heavy atom. The van der Waals surface area contributed by atoms with Crippen LogP contribution in [0.15, 0.2) is 54.3 Å². The number of anilines is 1. The van der Waals surface area contributed by atoms with Crippen molar-refractivity contribution in [2.24, 2.45) is 5.92 Å². The standard InChI is InChI=1S/C21H21N3O2S/c1-13(2)12-26-15-9-7-14(8-10-15)24-11-17(25)19(20(24)22)21-23-16-5-3-4-6-18(16)27-21/h3-10,13,22,25H,11-12H2,1-2H3. The van der Waals surface area contributed by atoms with Crippen LogP contribution in [0.3, 0.4) is 0 Å². The van der Waals surface area contributed by atoms with Crippen molar-refractivity contribution >= 4 is 38.6 Å². The van der Waals surface area contributed by atoms with Crippen LogP contribution in [-0.4, -0.2) is 29.1 Å². The molecule has 138 valence electrons. The van der Waals surface area contributed by atoms with Crippen molar-refractivity contribution in [2.45, 2.75) is 13.8 Å². The minimum Gasteiger partial charge on any atom is -0.510 e. The highest BCUT2D eigenvalue weighted by Crippen LogP contribution is 2.35. The van der Waals surface area contributed by atoms with E-state index >= 15 is 0 Å². The number of aromatic nitrogens is 1. The molecule has 6 heteroatoms. The fourth-order valence-electron chi connectivity index (χ4n) is 2.99. The van der Waals surface area contributed by atoms with E-state index in [0.29, 0.717) is 23.1 Å². The van der Waals surface area contributed by atoms with Crippen LogP contribution in [-0.2, 0) is 0 Å². The average molecular weight is 379 g/mol. The molecule has 1 aliphatic rings. The second kappa shape index (κ2) is 7.04. The Morgan fingerprint density at radius 3 is 2.63 bits per heavy atom. The summed E-state index contributed by atoms with van der Waals surface area (Å²) in [4.78, 5) is 6.37. The Morgan fingerprint density at radius 2 is 1.93 bits per heavy atom. The quantitative estimate of drug-likeness (QED) is 0.647. The first-order valence-corrected chi connectivity index (χ1v) is 9.72. The van der Waals surface area contributed by atoms with Crippen LogP contribution in [0.5, 0.6) is 5.75 Å². The molecule has 0 radical (unpaired) electrons. The molecule has 2 aromatic carbocycles. The molecule has 0 fully saturated rings. The molecule has 0 saturated carbocycles. The molecular formula is C21H21N3O2S. The van der Waals surface area contributed by atoms with Gasteiger partial charge in [0, 0.05) is 5.69 Å². The smallest absolute Gasteiger partial charge is 0.139 e. The second-order valence-corrected chi connectivity index (χ2v) is 7.97. The first kappa shape index (κ1) is 17.5. The minimum atomic E-state index is 0.180. The normalized spacial score (nSPS) is 14.6. The second-order valence-electron chi connectivity index (χ2n) is 6.94. The molecule has 0 aliphatic carbocycles. The van der Waals surface area contributed by atoms with E-state index in [1.165, 1.54) is 11.3 Å². The summed E-state index contributed by atoms with van der Waals surface area (Å²) in [5.41, 5.74) is 2.24. The summed E-state index contributed by atoms with van der Waals surface area (Å²) >= 11 is 1.49. The monoisotopic (exact) mass is 379 g/mol. The maximum absolute atomic E-state index is 10.5. The molecule has 0 bridgehead atoms. The molecule has 0 unspecified atom stereocenters. The number of hydrogen-bond acceptors (Lipinski definition) is 5. The lowest BCUT2D eigenvalue weighted by atomic mass is 10.2. The van der Waals surface area contributed by atoms with Gasteiger partial charge in [-0.3, -0.25) is 5.41 Å². The molecule has 4 rings (SSSR count). The van der Waals surface area contributed by atoms with Crippen molar-refractivity contribution in [3.8, 4) is 5.75 Å². The Labute approximate surface area is 162 Å². The van der Waals surface area contributed by atoms with Crippen molar-refractivity contribution in [1.29, 1.82) is 5.41 Å². The Balaban J connectivity index is 1.56. The number of thiazole rings is 1. The van der Waals surface area contributed by atoms with Crippen molar-refractivity contribution < 1.29 is 9.84 Å². The van der Waals surface area contributed by atoms with Gasteiger partial charge >= 0.3 is 0 Å². The molecule has 0 atom stereocenters. The molecule has 1 aliphatic heterocycles. The van der Waals surface area contributed by atoms with E-state index in [1.807, 2.05) is 48.5 Å². The maximum Gasteiger partial charge on any atom is 0.139 e. The lowest BCUT2D eigenvalue weighted by Gasteiger charge is -2.19. The summed E-state index contributed by atoms with van der Waals surface area (Å²) in [6, 6.07) is 15.5. The predicted molar refractivity (Wildman–Crippen MR) is 111 cm³/mol. The van der Waals surface area contributed by atoms with Crippen LogP contribution in [0, 0.1) is 11.3 Å². The third-order valence-electron chi connectivity index (χ3n) is 4.34. The predicted octanol–water partition coefficient (Wildman–Crippen LogP) is 5.10. The highest BCUT2D eigenvalue weighted by molar-refractivity contribution is 7.19. The van der Waals surface area contributed by atoms with Gasteiger partial charge in [0.2, 0.25) is 0 Å². The molecule has 2 heterocycles. The summed E-state index contributed by atoms with van der Waals surface area (Å²) in [7, 11) is 0. The van der Waals surface area contributed by atoms with Crippen LogP contribution in [0.2, 0.25) is 0 Å². The summed E-state index contributed by atoms with van der Waals surface area (Å²) in [6.45, 7) is 5.16. The highest BCUT2D eigenvalue weighted by Gasteiger charge is 2.31. The number of rotatable bonds is 5. The van der Waals surface area contributed by atoms with Gasteiger partial charge < -0.3 is 14.7 Å². The largest absolute Gasteiger partial charge is 0.510 e. The van der Waals surface area contributed by atoms with Crippen LogP contribution < -0.4 is 9.64 Å². The van der Waals surface area contributed by atoms with Crippen molar-refractivity contribution in [2.75, 3.05) is 18.1 Å². The Hall–Kier alpha value is -2.86. The van der Waals surface area contributed by atoms with Gasteiger partial charge in [-0.15, -0.1) is 11.3 Å². The van der Waals surface area contributed by atoms with Gasteiger partial charge in [0.25, 0.3) is 0 Å². The van der Waals surface area contributed by atoms with E-state index in [0.717, 1.165) is 21.7 Å². The number of amidine groups is 1. The minimum absolute atomic E-state index is 0.180. The number of hydrogen-bond donors (Lipinski definition) is 2. The fourth-order valence-corrected chi connectivity index (χ4v) is 4.02. The van der Waals surface area contributed by atoms with Crippen molar-refractivity contribution in [3.05, 3.63) is 59.3 Å². The van der Waals surface area contributed by atoms with Gasteiger partial charge in [-0.25, -0.2) is 4.98 Å². The van der Waals surface area contributed by atoms with E-state index in [2.05, 4.69) is 18.8 Å². The van der Waals surface area contributed by atoms with Crippen LogP contribution in [0.25, 0.3) is 15.8 Å². The van der Waals surface area contributed by atoms with Crippen molar-refractivity contribution in [1.82, 2.24) is 4.98 Å². The SMILES string of the molecule is CC(C)COc1ccc(N2CC(O)=C(c3nc4ccccc4s3)C2=N)cc1. The van der Waals surface area contributed by atoms with Crippen molar-refractivity contribution in [3.63, 3.8) is 0 Å². The molecule has 0 saturated heterocycles. The number of nitrogens with one attached hydrogen (secondary N) is 1. The molecular weight excluding hydrogens is 358 g/mol. The van der Waals surface area contributed by atoms with Gasteiger partial charge in [0.05, 0.1) is 28.9 Å². The molecule has 0 amide bonds. The molecule has 2 N–H and O–H groups in total. The zero-order chi connectivity index (χ0) is 19.0. The first-order chi connectivity index (χ1) is 13.0. The number of nitrogens with zero attached hydrogens (tertiary/aromatic N) is 2. The van der Waals surface area contributed by atoms with E-state index in [-0.39, 0.29) is 18.1 Å². The molecule has 3 aromatic rings. The van der Waals surface area contributed by atoms with E-state index in [4.69, 9.17) is 10.1 Å². The van der Waals surface area contributed by atoms with Gasteiger partial charge in [-0.1, -0.05) is 26.0 Å². The Bertz CT molecular complexity index is 988. The summed E-state index contributed by atoms with van der Waals surface area (Å²) < 4.78 is 6.76. The third-order valence-corrected chi connectivity index (χ3v) is 5.40.